The van der Waals surface area contributed by atoms with E-state index in [2.05, 4.69) is 27.3 Å². The van der Waals surface area contributed by atoms with Gasteiger partial charge in [0.25, 0.3) is 5.91 Å². The fraction of sp³-hybridized carbons (Fsp3) is 0.407. The zero-order chi connectivity index (χ0) is 22.6. The number of furan rings is 1. The Balaban J connectivity index is 1.70. The van der Waals surface area contributed by atoms with Gasteiger partial charge in [0.2, 0.25) is 5.91 Å². The molecule has 1 aromatic carbocycles. The average molecular weight is 446 g/mol. The van der Waals surface area contributed by atoms with Crippen molar-refractivity contribution in [1.82, 2.24) is 15.2 Å². The third kappa shape index (κ3) is 4.47. The van der Waals surface area contributed by atoms with Crippen molar-refractivity contribution in [2.24, 2.45) is 0 Å². The van der Waals surface area contributed by atoms with E-state index in [-0.39, 0.29) is 18.4 Å². The highest BCUT2D eigenvalue weighted by atomic mass is 16.3. The molecule has 5 rings (SSSR count). The van der Waals surface area contributed by atoms with E-state index in [0.717, 1.165) is 47.8 Å². The van der Waals surface area contributed by atoms with Crippen molar-refractivity contribution >= 4 is 22.7 Å². The molecular formula is C27H31N3O3. The third-order valence-electron chi connectivity index (χ3n) is 6.87. The lowest BCUT2D eigenvalue weighted by Crippen LogP contribution is -2.28. The Morgan fingerprint density at radius 2 is 1.70 bits per heavy atom. The number of nitrogens with zero attached hydrogens (tertiary/aromatic N) is 1. The molecule has 33 heavy (non-hydrogen) atoms. The number of fused-ring (bicyclic) bond motifs is 1. The van der Waals surface area contributed by atoms with E-state index in [0.29, 0.717) is 24.6 Å². The summed E-state index contributed by atoms with van der Waals surface area (Å²) in [5.41, 5.74) is 4.86. The highest BCUT2D eigenvalue weighted by molar-refractivity contribution is 6.01. The molecule has 2 aliphatic rings. The number of nitrogens with one attached hydrogen (secondary N) is 2. The SMILES string of the molecule is O=C1Cn2c(-c3ccoc3)c(C3CCCCC3)c3ccc(cc32)C(=O)NCCC=CCCN1. The maximum atomic E-state index is 13.0. The molecule has 0 saturated heterocycles. The molecule has 2 bridgehead atoms. The van der Waals surface area contributed by atoms with E-state index in [9.17, 15) is 9.59 Å². The van der Waals surface area contributed by atoms with Gasteiger partial charge in [-0.15, -0.1) is 0 Å². The van der Waals surface area contributed by atoms with Crippen LogP contribution in [0, 0.1) is 0 Å². The molecule has 1 aliphatic carbocycles. The minimum Gasteiger partial charge on any atom is -0.472 e. The van der Waals surface area contributed by atoms with Gasteiger partial charge in [-0.1, -0.05) is 37.5 Å². The second-order valence-corrected chi connectivity index (χ2v) is 9.08. The van der Waals surface area contributed by atoms with Gasteiger partial charge in [0.05, 0.1) is 23.7 Å². The predicted octanol–water partition coefficient (Wildman–Crippen LogP) is 5.15. The molecule has 2 N–H and O–H groups in total. The largest absolute Gasteiger partial charge is 0.472 e. The van der Waals surface area contributed by atoms with Crippen LogP contribution in [0.5, 0.6) is 0 Å². The smallest absolute Gasteiger partial charge is 0.251 e. The predicted molar refractivity (Wildman–Crippen MR) is 129 cm³/mol. The minimum atomic E-state index is -0.0820. The van der Waals surface area contributed by atoms with Gasteiger partial charge in [-0.3, -0.25) is 9.59 Å². The van der Waals surface area contributed by atoms with Crippen molar-refractivity contribution in [3.8, 4) is 11.3 Å². The molecule has 2 aromatic heterocycles. The molecule has 6 heteroatoms. The van der Waals surface area contributed by atoms with Crippen LogP contribution in [0.3, 0.4) is 0 Å². The Morgan fingerprint density at radius 3 is 2.45 bits per heavy atom. The fourth-order valence-electron chi connectivity index (χ4n) is 5.30. The molecule has 1 saturated carbocycles. The van der Waals surface area contributed by atoms with Crippen molar-refractivity contribution in [1.29, 1.82) is 0 Å². The number of hydrogen-bond donors (Lipinski definition) is 2. The van der Waals surface area contributed by atoms with Gasteiger partial charge in [0.1, 0.15) is 6.54 Å². The van der Waals surface area contributed by atoms with Gasteiger partial charge in [-0.05, 0) is 55.4 Å². The van der Waals surface area contributed by atoms with Gasteiger partial charge < -0.3 is 19.6 Å². The van der Waals surface area contributed by atoms with E-state index < -0.39 is 0 Å². The highest BCUT2D eigenvalue weighted by Crippen LogP contribution is 2.44. The average Bonchev–Trinajstić information content (AvgIpc) is 3.47. The Bertz CT molecular complexity index is 1170. The van der Waals surface area contributed by atoms with Crippen LogP contribution in [-0.4, -0.2) is 29.5 Å². The number of hydrogen-bond acceptors (Lipinski definition) is 3. The Hall–Kier alpha value is -3.28. The summed E-state index contributed by atoms with van der Waals surface area (Å²) in [7, 11) is 0. The Labute approximate surface area is 194 Å². The molecule has 3 aromatic rings. The van der Waals surface area contributed by atoms with Crippen molar-refractivity contribution in [2.75, 3.05) is 13.1 Å². The maximum Gasteiger partial charge on any atom is 0.251 e. The summed E-state index contributed by atoms with van der Waals surface area (Å²) in [5.74, 6) is 0.331. The fourth-order valence-corrected chi connectivity index (χ4v) is 5.30. The lowest BCUT2D eigenvalue weighted by Gasteiger charge is -2.23. The summed E-state index contributed by atoms with van der Waals surface area (Å²) < 4.78 is 7.55. The standard InChI is InChI=1S/C27H31N3O3/c31-24-17-30-23-16-20(27(32)29-14-7-2-1-6-13-28-24)10-11-22(23)25(19-8-4-3-5-9-19)26(30)21-12-15-33-18-21/h1-2,10-12,15-16,18-19H,3-9,13-14,17H2,(H,28,31)(H,29,32). The van der Waals surface area contributed by atoms with Crippen LogP contribution in [0.15, 0.2) is 53.4 Å². The first kappa shape index (κ1) is 21.6. The molecule has 0 spiro atoms. The van der Waals surface area contributed by atoms with Crippen LogP contribution in [0.2, 0.25) is 0 Å². The molecular weight excluding hydrogens is 414 g/mol. The highest BCUT2D eigenvalue weighted by Gasteiger charge is 2.28. The van der Waals surface area contributed by atoms with Crippen molar-refractivity contribution in [3.05, 3.63) is 60.1 Å². The van der Waals surface area contributed by atoms with Crippen molar-refractivity contribution in [2.45, 2.75) is 57.4 Å². The number of carbonyl (C=O) groups is 2. The second kappa shape index (κ2) is 9.69. The van der Waals surface area contributed by atoms with E-state index in [1.807, 2.05) is 24.3 Å². The number of carbonyl (C=O) groups excluding carboxylic acids is 2. The first-order valence-electron chi connectivity index (χ1n) is 12.1. The number of benzene rings is 1. The monoisotopic (exact) mass is 445 g/mol. The summed E-state index contributed by atoms with van der Waals surface area (Å²) in [6, 6.07) is 7.91. The molecule has 1 fully saturated rings. The van der Waals surface area contributed by atoms with Crippen LogP contribution < -0.4 is 10.6 Å². The van der Waals surface area contributed by atoms with Crippen LogP contribution in [-0.2, 0) is 11.3 Å². The molecule has 0 radical (unpaired) electrons. The molecule has 1 aliphatic heterocycles. The Morgan fingerprint density at radius 1 is 0.909 bits per heavy atom. The number of amides is 2. The van der Waals surface area contributed by atoms with E-state index in [4.69, 9.17) is 4.42 Å². The summed E-state index contributed by atoms with van der Waals surface area (Å²) in [6.07, 6.45) is 15.1. The summed E-state index contributed by atoms with van der Waals surface area (Å²) in [4.78, 5) is 25.8. The lowest BCUT2D eigenvalue weighted by atomic mass is 9.82. The Kier molecular flexibility index (Phi) is 6.33. The summed E-state index contributed by atoms with van der Waals surface area (Å²) >= 11 is 0. The van der Waals surface area contributed by atoms with E-state index >= 15 is 0 Å². The van der Waals surface area contributed by atoms with Crippen LogP contribution in [0.4, 0.5) is 0 Å². The third-order valence-corrected chi connectivity index (χ3v) is 6.87. The lowest BCUT2D eigenvalue weighted by molar-refractivity contribution is -0.121. The maximum absolute atomic E-state index is 13.0. The van der Waals surface area contributed by atoms with Gasteiger partial charge >= 0.3 is 0 Å². The summed E-state index contributed by atoms with van der Waals surface area (Å²) in [5, 5.41) is 7.21. The molecule has 172 valence electrons. The van der Waals surface area contributed by atoms with Crippen LogP contribution >= 0.6 is 0 Å². The molecule has 2 amide bonds. The second-order valence-electron chi connectivity index (χ2n) is 9.08. The minimum absolute atomic E-state index is 0.0232. The molecule has 3 heterocycles. The molecule has 0 unspecified atom stereocenters. The molecule has 6 nitrogen and oxygen atoms in total. The molecule has 0 atom stereocenters. The zero-order valence-electron chi connectivity index (χ0n) is 18.9. The zero-order valence-corrected chi connectivity index (χ0v) is 18.9. The van der Waals surface area contributed by atoms with Gasteiger partial charge in [-0.25, -0.2) is 0 Å². The van der Waals surface area contributed by atoms with Crippen molar-refractivity contribution < 1.29 is 14.0 Å². The number of aromatic nitrogens is 1. The van der Waals surface area contributed by atoms with Crippen LogP contribution in [0.1, 0.15) is 66.8 Å². The van der Waals surface area contributed by atoms with Gasteiger partial charge in [0.15, 0.2) is 0 Å². The summed E-state index contributed by atoms with van der Waals surface area (Å²) in [6.45, 7) is 1.40. The normalized spacial score (nSPS) is 18.7. The van der Waals surface area contributed by atoms with E-state index in [1.54, 1.807) is 12.5 Å². The van der Waals surface area contributed by atoms with Crippen molar-refractivity contribution in [3.63, 3.8) is 0 Å². The van der Waals surface area contributed by atoms with E-state index in [1.165, 1.54) is 24.8 Å². The first-order chi connectivity index (χ1) is 16.2. The number of rotatable bonds is 2. The van der Waals surface area contributed by atoms with Gasteiger partial charge in [0, 0.05) is 29.6 Å². The topological polar surface area (TPSA) is 76.3 Å². The van der Waals surface area contributed by atoms with Crippen LogP contribution in [0.25, 0.3) is 22.2 Å². The first-order valence-corrected chi connectivity index (χ1v) is 12.1. The van der Waals surface area contributed by atoms with Gasteiger partial charge in [-0.2, -0.15) is 0 Å². The quantitative estimate of drug-likeness (QED) is 0.536.